The lowest BCUT2D eigenvalue weighted by Gasteiger charge is -2.25. The smallest absolute Gasteiger partial charge is 0.330 e. The number of benzene rings is 2. The average molecular weight is 421 g/mol. The number of rotatable bonds is 8. The van der Waals surface area contributed by atoms with Gasteiger partial charge in [-0.3, -0.25) is 19.1 Å². The molecule has 0 unspecified atom stereocenters. The van der Waals surface area contributed by atoms with Gasteiger partial charge in [-0.15, -0.1) is 0 Å². The SMILES string of the molecule is CCCCN(C(=O)Cc1ccccc1C)c1c(N)n(Cc2ccccc2)c(=O)[nH]c1=O. The number of unbranched alkanes of at least 4 members (excludes halogenated alkanes) is 1. The second-order valence-corrected chi connectivity index (χ2v) is 7.57. The van der Waals surface area contributed by atoms with E-state index in [0.29, 0.717) is 13.0 Å². The van der Waals surface area contributed by atoms with Crippen LogP contribution in [0.2, 0.25) is 0 Å². The lowest BCUT2D eigenvalue weighted by atomic mass is 10.0. The van der Waals surface area contributed by atoms with E-state index >= 15 is 0 Å². The van der Waals surface area contributed by atoms with Crippen molar-refractivity contribution in [1.29, 1.82) is 0 Å². The maximum atomic E-state index is 13.3. The number of H-pyrrole nitrogens is 1. The van der Waals surface area contributed by atoms with Gasteiger partial charge in [-0.25, -0.2) is 4.79 Å². The Morgan fingerprint density at radius 2 is 1.74 bits per heavy atom. The lowest BCUT2D eigenvalue weighted by Crippen LogP contribution is -2.42. The van der Waals surface area contributed by atoms with Crippen LogP contribution in [0.15, 0.2) is 64.2 Å². The number of aromatic nitrogens is 2. The van der Waals surface area contributed by atoms with Crippen LogP contribution in [-0.2, 0) is 17.8 Å². The second kappa shape index (κ2) is 9.93. The van der Waals surface area contributed by atoms with Crippen LogP contribution < -0.4 is 21.9 Å². The molecule has 0 bridgehead atoms. The summed E-state index contributed by atoms with van der Waals surface area (Å²) in [6.07, 6.45) is 1.69. The number of amides is 1. The van der Waals surface area contributed by atoms with E-state index in [4.69, 9.17) is 5.73 Å². The number of aryl methyl sites for hydroxylation is 1. The molecule has 7 heteroatoms. The van der Waals surface area contributed by atoms with Gasteiger partial charge in [0.2, 0.25) is 5.91 Å². The maximum Gasteiger partial charge on any atom is 0.330 e. The van der Waals surface area contributed by atoms with Crippen LogP contribution >= 0.6 is 0 Å². The molecule has 2 aromatic carbocycles. The van der Waals surface area contributed by atoms with Crippen molar-refractivity contribution in [3.05, 3.63) is 92.1 Å². The zero-order valence-corrected chi connectivity index (χ0v) is 17.9. The highest BCUT2D eigenvalue weighted by Gasteiger charge is 2.24. The van der Waals surface area contributed by atoms with Gasteiger partial charge >= 0.3 is 5.69 Å². The summed E-state index contributed by atoms with van der Waals surface area (Å²) in [6.45, 7) is 4.50. The Morgan fingerprint density at radius 3 is 2.42 bits per heavy atom. The molecule has 0 aliphatic carbocycles. The Balaban J connectivity index is 2.03. The number of anilines is 2. The highest BCUT2D eigenvalue weighted by Crippen LogP contribution is 2.20. The first kappa shape index (κ1) is 22.1. The summed E-state index contributed by atoms with van der Waals surface area (Å²) in [5.74, 6) is -0.239. The summed E-state index contributed by atoms with van der Waals surface area (Å²) in [5, 5.41) is 0. The molecule has 31 heavy (non-hydrogen) atoms. The van der Waals surface area contributed by atoms with Crippen LogP contribution in [0, 0.1) is 6.92 Å². The molecule has 3 N–H and O–H groups in total. The molecular formula is C24H28N4O3. The van der Waals surface area contributed by atoms with Gasteiger partial charge in [-0.2, -0.15) is 0 Å². The van der Waals surface area contributed by atoms with E-state index in [-0.39, 0.29) is 30.4 Å². The van der Waals surface area contributed by atoms with Gasteiger partial charge in [-0.05, 0) is 30.0 Å². The first-order chi connectivity index (χ1) is 14.9. The number of nitrogen functional groups attached to an aromatic ring is 1. The minimum absolute atomic E-state index is 0.00756. The van der Waals surface area contributed by atoms with E-state index in [1.54, 1.807) is 0 Å². The molecule has 162 valence electrons. The van der Waals surface area contributed by atoms with Crippen LogP contribution in [-0.4, -0.2) is 22.0 Å². The summed E-state index contributed by atoms with van der Waals surface area (Å²) in [4.78, 5) is 42.3. The molecule has 0 aliphatic heterocycles. The molecule has 1 heterocycles. The van der Waals surface area contributed by atoms with Gasteiger partial charge in [0.15, 0.2) is 5.69 Å². The van der Waals surface area contributed by atoms with E-state index in [2.05, 4.69) is 4.98 Å². The summed E-state index contributed by atoms with van der Waals surface area (Å²) in [7, 11) is 0. The Kier molecular flexibility index (Phi) is 7.07. The van der Waals surface area contributed by atoms with Crippen LogP contribution in [0.4, 0.5) is 11.5 Å². The fourth-order valence-corrected chi connectivity index (χ4v) is 3.51. The Labute approximate surface area is 181 Å². The minimum Gasteiger partial charge on any atom is -0.383 e. The van der Waals surface area contributed by atoms with Crippen molar-refractivity contribution in [2.75, 3.05) is 17.2 Å². The van der Waals surface area contributed by atoms with E-state index in [9.17, 15) is 14.4 Å². The fraction of sp³-hybridized carbons (Fsp3) is 0.292. The maximum absolute atomic E-state index is 13.3. The standard InChI is InChI=1S/C24H28N4O3/c1-3-4-14-27(20(29)15-19-13-9-8-10-17(19)2)21-22(25)28(24(31)26-23(21)30)16-18-11-6-5-7-12-18/h5-13H,3-4,14-16,25H2,1-2H3,(H,26,30,31). The highest BCUT2D eigenvalue weighted by molar-refractivity contribution is 5.96. The Hall–Kier alpha value is -3.61. The molecule has 0 fully saturated rings. The Morgan fingerprint density at radius 1 is 1.06 bits per heavy atom. The van der Waals surface area contributed by atoms with Crippen LogP contribution in [0.1, 0.15) is 36.5 Å². The van der Waals surface area contributed by atoms with Gasteiger partial charge in [0.25, 0.3) is 5.56 Å². The molecule has 0 saturated carbocycles. The summed E-state index contributed by atoms with van der Waals surface area (Å²) in [5.41, 5.74) is 7.85. The normalized spacial score (nSPS) is 10.8. The number of carbonyl (C=O) groups is 1. The summed E-state index contributed by atoms with van der Waals surface area (Å²) >= 11 is 0. The van der Waals surface area contributed by atoms with Crippen LogP contribution in [0.25, 0.3) is 0 Å². The quantitative estimate of drug-likeness (QED) is 0.585. The molecule has 1 amide bonds. The number of nitrogens with zero attached hydrogens (tertiary/aromatic N) is 2. The van der Waals surface area contributed by atoms with Crippen molar-refractivity contribution in [2.24, 2.45) is 0 Å². The number of aromatic amines is 1. The van der Waals surface area contributed by atoms with Gasteiger partial charge < -0.3 is 10.6 Å². The third kappa shape index (κ3) is 5.12. The van der Waals surface area contributed by atoms with E-state index in [0.717, 1.165) is 23.1 Å². The van der Waals surface area contributed by atoms with Crippen molar-refractivity contribution in [3.8, 4) is 0 Å². The predicted octanol–water partition coefficient (Wildman–Crippen LogP) is 2.85. The third-order valence-electron chi connectivity index (χ3n) is 5.31. The number of carbonyl (C=O) groups excluding carboxylic acids is 1. The fourth-order valence-electron chi connectivity index (χ4n) is 3.51. The zero-order valence-electron chi connectivity index (χ0n) is 17.9. The molecule has 7 nitrogen and oxygen atoms in total. The van der Waals surface area contributed by atoms with Crippen molar-refractivity contribution in [1.82, 2.24) is 9.55 Å². The van der Waals surface area contributed by atoms with Gasteiger partial charge in [0, 0.05) is 6.54 Å². The molecule has 0 atom stereocenters. The molecular weight excluding hydrogens is 392 g/mol. The largest absolute Gasteiger partial charge is 0.383 e. The third-order valence-corrected chi connectivity index (χ3v) is 5.31. The van der Waals surface area contributed by atoms with Crippen molar-refractivity contribution in [2.45, 2.75) is 39.7 Å². The van der Waals surface area contributed by atoms with Crippen LogP contribution in [0.5, 0.6) is 0 Å². The van der Waals surface area contributed by atoms with Gasteiger partial charge in [-0.1, -0.05) is 67.9 Å². The molecule has 1 aromatic heterocycles. The topological polar surface area (TPSA) is 101 Å². The zero-order chi connectivity index (χ0) is 22.4. The molecule has 0 spiro atoms. The second-order valence-electron chi connectivity index (χ2n) is 7.57. The van der Waals surface area contributed by atoms with E-state index in [1.165, 1.54) is 9.47 Å². The van der Waals surface area contributed by atoms with Crippen LogP contribution in [0.3, 0.4) is 0 Å². The summed E-state index contributed by atoms with van der Waals surface area (Å²) < 4.78 is 1.30. The minimum atomic E-state index is -0.652. The van der Waals surface area contributed by atoms with E-state index in [1.807, 2.05) is 68.4 Å². The average Bonchev–Trinajstić information content (AvgIpc) is 2.75. The van der Waals surface area contributed by atoms with Crippen molar-refractivity contribution >= 4 is 17.4 Å². The number of nitrogens with two attached hydrogens (primary N) is 1. The molecule has 0 aliphatic rings. The number of hydrogen-bond acceptors (Lipinski definition) is 4. The highest BCUT2D eigenvalue weighted by atomic mass is 16.2. The molecule has 3 rings (SSSR count). The monoisotopic (exact) mass is 420 g/mol. The lowest BCUT2D eigenvalue weighted by molar-refractivity contribution is -0.118. The van der Waals surface area contributed by atoms with Gasteiger partial charge in [0.1, 0.15) is 5.82 Å². The first-order valence-electron chi connectivity index (χ1n) is 10.4. The van der Waals surface area contributed by atoms with Crippen molar-refractivity contribution in [3.63, 3.8) is 0 Å². The van der Waals surface area contributed by atoms with Crippen molar-refractivity contribution < 1.29 is 4.79 Å². The predicted molar refractivity (Wildman–Crippen MR) is 123 cm³/mol. The number of hydrogen-bond donors (Lipinski definition) is 2. The Bertz CT molecular complexity index is 1170. The molecule has 0 saturated heterocycles. The number of nitrogens with one attached hydrogen (secondary N) is 1. The summed E-state index contributed by atoms with van der Waals surface area (Å²) in [6, 6.07) is 17.0. The molecule has 3 aromatic rings. The van der Waals surface area contributed by atoms with Gasteiger partial charge in [0.05, 0.1) is 13.0 Å². The molecule has 0 radical (unpaired) electrons. The van der Waals surface area contributed by atoms with E-state index < -0.39 is 11.2 Å². The first-order valence-corrected chi connectivity index (χ1v) is 10.4.